The molecule has 17 heavy (non-hydrogen) atoms. The number of nitrogens with zero attached hydrogens (tertiary/aromatic N) is 2. The van der Waals surface area contributed by atoms with Gasteiger partial charge in [0.05, 0.1) is 0 Å². The minimum absolute atomic E-state index is 0.849. The Morgan fingerprint density at radius 1 is 0.765 bits per heavy atom. The molecule has 0 bridgehead atoms. The summed E-state index contributed by atoms with van der Waals surface area (Å²) in [7, 11) is 6.58. The Labute approximate surface area is 109 Å². The zero-order valence-electron chi connectivity index (χ0n) is 13.0. The average molecular weight is 242 g/mol. The molecular weight excluding hydrogens is 208 g/mol. The predicted molar refractivity (Wildman–Crippen MR) is 78.5 cm³/mol. The molecule has 0 radical (unpaired) electrons. The maximum absolute atomic E-state index is 2.49. The van der Waals surface area contributed by atoms with Gasteiger partial charge in [0.1, 0.15) is 0 Å². The third-order valence-corrected chi connectivity index (χ3v) is 3.39. The quantitative estimate of drug-likeness (QED) is 0.580. The third kappa shape index (κ3) is 12.2. The maximum atomic E-state index is 2.49. The van der Waals surface area contributed by atoms with E-state index >= 15 is 0 Å². The lowest BCUT2D eigenvalue weighted by molar-refractivity contribution is 0.278. The molecule has 0 heterocycles. The van der Waals surface area contributed by atoms with Gasteiger partial charge in [0.15, 0.2) is 0 Å². The highest BCUT2D eigenvalue weighted by molar-refractivity contribution is 4.60. The summed E-state index contributed by atoms with van der Waals surface area (Å²) < 4.78 is 0. The van der Waals surface area contributed by atoms with E-state index < -0.39 is 0 Å². The molecule has 0 aromatic rings. The summed E-state index contributed by atoms with van der Waals surface area (Å²) in [6.45, 7) is 10.7. The van der Waals surface area contributed by atoms with Crippen molar-refractivity contribution in [2.24, 2.45) is 11.8 Å². The zero-order chi connectivity index (χ0) is 13.3. The van der Waals surface area contributed by atoms with Gasteiger partial charge in [0.25, 0.3) is 0 Å². The van der Waals surface area contributed by atoms with Gasteiger partial charge in [0.2, 0.25) is 0 Å². The Kier molecular flexibility index (Phi) is 9.85. The van der Waals surface area contributed by atoms with Gasteiger partial charge in [-0.05, 0) is 78.3 Å². The van der Waals surface area contributed by atoms with Crippen molar-refractivity contribution >= 4 is 0 Å². The second-order valence-electron chi connectivity index (χ2n) is 6.33. The molecule has 0 saturated carbocycles. The number of hydrogen-bond acceptors (Lipinski definition) is 2. The lowest BCUT2D eigenvalue weighted by atomic mass is 10.0. The first-order chi connectivity index (χ1) is 7.91. The van der Waals surface area contributed by atoms with Crippen LogP contribution < -0.4 is 0 Å². The van der Waals surface area contributed by atoms with E-state index in [1.54, 1.807) is 0 Å². The van der Waals surface area contributed by atoms with Crippen LogP contribution in [0.1, 0.15) is 46.5 Å². The first kappa shape index (κ1) is 16.9. The fourth-order valence-corrected chi connectivity index (χ4v) is 1.94. The van der Waals surface area contributed by atoms with Crippen LogP contribution in [0.4, 0.5) is 0 Å². The van der Waals surface area contributed by atoms with Gasteiger partial charge >= 0.3 is 0 Å². The van der Waals surface area contributed by atoms with Crippen molar-refractivity contribution in [2.75, 3.05) is 40.8 Å². The van der Waals surface area contributed by atoms with Crippen LogP contribution in [0.5, 0.6) is 0 Å². The molecule has 0 aliphatic carbocycles. The van der Waals surface area contributed by atoms with Gasteiger partial charge in [0, 0.05) is 0 Å². The summed E-state index contributed by atoms with van der Waals surface area (Å²) in [4.78, 5) is 4.78. The molecule has 2 heteroatoms. The van der Waals surface area contributed by atoms with Gasteiger partial charge in [-0.2, -0.15) is 0 Å². The van der Waals surface area contributed by atoms with E-state index in [9.17, 15) is 0 Å². The van der Waals surface area contributed by atoms with Crippen LogP contribution in [-0.4, -0.2) is 50.6 Å². The summed E-state index contributed by atoms with van der Waals surface area (Å²) in [5, 5.41) is 0. The standard InChI is InChI=1S/C15H34N2/c1-14(2)8-7-11-17(6)13-10-15(3)9-12-16(4)5/h14-15H,7-13H2,1-6H3. The predicted octanol–water partition coefficient (Wildman–Crippen LogP) is 3.33. The van der Waals surface area contributed by atoms with Crippen LogP contribution in [0.15, 0.2) is 0 Å². The van der Waals surface area contributed by atoms with Crippen LogP contribution in [0.25, 0.3) is 0 Å². The summed E-state index contributed by atoms with van der Waals surface area (Å²) in [6, 6.07) is 0. The van der Waals surface area contributed by atoms with E-state index in [1.807, 2.05) is 0 Å². The van der Waals surface area contributed by atoms with Crippen molar-refractivity contribution in [1.82, 2.24) is 9.80 Å². The molecule has 104 valence electrons. The van der Waals surface area contributed by atoms with Gasteiger partial charge in [-0.15, -0.1) is 0 Å². The Morgan fingerprint density at radius 2 is 1.35 bits per heavy atom. The van der Waals surface area contributed by atoms with E-state index in [4.69, 9.17) is 0 Å². The molecule has 0 rings (SSSR count). The molecule has 0 aliphatic rings. The Morgan fingerprint density at radius 3 is 1.88 bits per heavy atom. The number of rotatable bonds is 10. The minimum Gasteiger partial charge on any atom is -0.309 e. The van der Waals surface area contributed by atoms with Crippen LogP contribution in [0.2, 0.25) is 0 Å². The normalized spacial score (nSPS) is 13.9. The van der Waals surface area contributed by atoms with Gasteiger partial charge < -0.3 is 9.80 Å². The Bertz CT molecular complexity index is 166. The van der Waals surface area contributed by atoms with Gasteiger partial charge in [-0.25, -0.2) is 0 Å². The summed E-state index contributed by atoms with van der Waals surface area (Å²) in [5.74, 6) is 1.70. The highest BCUT2D eigenvalue weighted by atomic mass is 15.1. The van der Waals surface area contributed by atoms with Crippen molar-refractivity contribution in [3.05, 3.63) is 0 Å². The highest BCUT2D eigenvalue weighted by Gasteiger charge is 2.05. The fraction of sp³-hybridized carbons (Fsp3) is 1.00. The molecular formula is C15H34N2. The molecule has 1 atom stereocenters. The smallest absolute Gasteiger partial charge is 0.00192 e. The number of hydrogen-bond donors (Lipinski definition) is 0. The Hall–Kier alpha value is -0.0800. The second-order valence-corrected chi connectivity index (χ2v) is 6.33. The summed E-state index contributed by atoms with van der Waals surface area (Å²) in [6.07, 6.45) is 5.37. The largest absolute Gasteiger partial charge is 0.309 e. The van der Waals surface area contributed by atoms with Crippen molar-refractivity contribution in [2.45, 2.75) is 46.5 Å². The van der Waals surface area contributed by atoms with E-state index in [0.717, 1.165) is 11.8 Å². The lowest BCUT2D eigenvalue weighted by Gasteiger charge is -2.20. The molecule has 2 nitrogen and oxygen atoms in total. The third-order valence-electron chi connectivity index (χ3n) is 3.39. The van der Waals surface area contributed by atoms with Crippen molar-refractivity contribution in [3.8, 4) is 0 Å². The Balaban J connectivity index is 3.45. The van der Waals surface area contributed by atoms with Crippen molar-refractivity contribution < 1.29 is 0 Å². The maximum Gasteiger partial charge on any atom is -0.00192 e. The summed E-state index contributed by atoms with van der Waals surface area (Å²) in [5.41, 5.74) is 0. The van der Waals surface area contributed by atoms with Crippen molar-refractivity contribution in [3.63, 3.8) is 0 Å². The summed E-state index contributed by atoms with van der Waals surface area (Å²) >= 11 is 0. The first-order valence-corrected chi connectivity index (χ1v) is 7.25. The average Bonchev–Trinajstić information content (AvgIpc) is 2.23. The van der Waals surface area contributed by atoms with Crippen LogP contribution in [0.3, 0.4) is 0 Å². The molecule has 0 saturated heterocycles. The molecule has 0 amide bonds. The van der Waals surface area contributed by atoms with E-state index in [0.29, 0.717) is 0 Å². The second kappa shape index (κ2) is 9.90. The topological polar surface area (TPSA) is 6.48 Å². The molecule has 0 aromatic heterocycles. The SMILES string of the molecule is CC(C)CCCN(C)CCC(C)CCN(C)C. The van der Waals surface area contributed by atoms with E-state index in [-0.39, 0.29) is 0 Å². The van der Waals surface area contributed by atoms with Gasteiger partial charge in [-0.3, -0.25) is 0 Å². The molecule has 0 spiro atoms. The van der Waals surface area contributed by atoms with Crippen LogP contribution in [-0.2, 0) is 0 Å². The van der Waals surface area contributed by atoms with E-state index in [2.05, 4.69) is 51.7 Å². The lowest BCUT2D eigenvalue weighted by Crippen LogP contribution is -2.24. The van der Waals surface area contributed by atoms with Crippen LogP contribution >= 0.6 is 0 Å². The molecule has 0 aliphatic heterocycles. The highest BCUT2D eigenvalue weighted by Crippen LogP contribution is 2.09. The molecule has 0 N–H and O–H groups in total. The molecule has 0 aromatic carbocycles. The van der Waals surface area contributed by atoms with Gasteiger partial charge in [-0.1, -0.05) is 20.8 Å². The fourth-order valence-electron chi connectivity index (χ4n) is 1.94. The first-order valence-electron chi connectivity index (χ1n) is 7.25. The van der Waals surface area contributed by atoms with E-state index in [1.165, 1.54) is 45.3 Å². The zero-order valence-corrected chi connectivity index (χ0v) is 13.0. The van der Waals surface area contributed by atoms with Crippen molar-refractivity contribution in [1.29, 1.82) is 0 Å². The molecule has 0 fully saturated rings. The minimum atomic E-state index is 0.849. The monoisotopic (exact) mass is 242 g/mol. The molecule has 1 unspecified atom stereocenters. The van der Waals surface area contributed by atoms with Crippen LogP contribution in [0, 0.1) is 11.8 Å².